The van der Waals surface area contributed by atoms with Gasteiger partial charge in [-0.1, -0.05) is 6.92 Å². The van der Waals surface area contributed by atoms with Crippen LogP contribution in [0.4, 0.5) is 0 Å². The summed E-state index contributed by atoms with van der Waals surface area (Å²) in [5.41, 5.74) is -2.12. The maximum atomic E-state index is 13.0. The van der Waals surface area contributed by atoms with Gasteiger partial charge in [0.15, 0.2) is 37.2 Å². The molecule has 24 unspecified atom stereocenters. The number of rotatable bonds is 21. The van der Waals surface area contributed by atoms with Crippen molar-refractivity contribution in [3.63, 3.8) is 0 Å². The molecule has 2 amide bonds. The van der Waals surface area contributed by atoms with Crippen LogP contribution in [0, 0.1) is 0 Å². The predicted molar refractivity (Wildman–Crippen MR) is 212 cm³/mol. The molecule has 0 saturated carbocycles. The van der Waals surface area contributed by atoms with E-state index in [1.54, 1.807) is 0 Å². The molecule has 31 nitrogen and oxygen atoms in total. The third kappa shape index (κ3) is 12.8. The van der Waals surface area contributed by atoms with Crippen LogP contribution in [-0.2, 0) is 61.9 Å². The topological polar surface area (TPSA) is 507 Å². The van der Waals surface area contributed by atoms with Crippen molar-refractivity contribution in [2.75, 3.05) is 19.8 Å². The van der Waals surface area contributed by atoms with E-state index in [0.717, 1.165) is 13.8 Å². The number of aliphatic hydroxyl groups is 13. The van der Waals surface area contributed by atoms with E-state index in [9.17, 15) is 106 Å². The number of aliphatic hydroxyl groups excluding tert-OH is 13. The smallest absolute Gasteiger partial charge is 0.335 e. The summed E-state index contributed by atoms with van der Waals surface area (Å²) in [4.78, 5) is 61.7. The van der Waals surface area contributed by atoms with Gasteiger partial charge in [0.05, 0.1) is 25.4 Å². The number of hydrogen-bond donors (Lipinski definition) is 18. The molecule has 31 heteroatoms. The fourth-order valence-electron chi connectivity index (χ4n) is 8.27. The molecule has 4 saturated heterocycles. The van der Waals surface area contributed by atoms with Crippen LogP contribution < -0.4 is 10.6 Å². The molecular formula is C38H62N2O29. The number of hydrogen-bond acceptors (Lipinski definition) is 26. The van der Waals surface area contributed by atoms with E-state index in [1.165, 1.54) is 13.8 Å². The average molecular weight is 1010 g/mol. The van der Waals surface area contributed by atoms with Gasteiger partial charge in [0.2, 0.25) is 11.8 Å². The lowest BCUT2D eigenvalue weighted by Crippen LogP contribution is -2.72. The monoisotopic (exact) mass is 1010 g/mol. The molecule has 0 spiro atoms. The van der Waals surface area contributed by atoms with E-state index < -0.39 is 202 Å². The Morgan fingerprint density at radius 3 is 1.59 bits per heavy atom. The lowest BCUT2D eigenvalue weighted by atomic mass is 9.83. The van der Waals surface area contributed by atoms with Gasteiger partial charge in [-0.05, 0) is 13.3 Å². The molecule has 4 rings (SSSR count). The molecule has 0 aromatic heterocycles. The first-order chi connectivity index (χ1) is 32.2. The summed E-state index contributed by atoms with van der Waals surface area (Å²) in [7, 11) is 0. The zero-order valence-corrected chi connectivity index (χ0v) is 37.1. The number of carboxylic acid groups (broad SMARTS) is 3. The molecule has 4 fully saturated rings. The molecule has 0 bridgehead atoms. The summed E-state index contributed by atoms with van der Waals surface area (Å²) in [6.45, 7) is 1.16. The maximum Gasteiger partial charge on any atom is 0.335 e. The van der Waals surface area contributed by atoms with Gasteiger partial charge in [0.1, 0.15) is 110 Å². The second-order valence-electron chi connectivity index (χ2n) is 17.0. The molecular weight excluding hydrogens is 948 g/mol. The van der Waals surface area contributed by atoms with Crippen LogP contribution in [-0.4, -0.2) is 284 Å². The van der Waals surface area contributed by atoms with Gasteiger partial charge in [0.25, 0.3) is 0 Å². The third-order valence-corrected chi connectivity index (χ3v) is 12.2. The maximum absolute atomic E-state index is 13.0. The van der Waals surface area contributed by atoms with E-state index >= 15 is 0 Å². The second-order valence-corrected chi connectivity index (χ2v) is 17.0. The Morgan fingerprint density at radius 1 is 0.609 bits per heavy atom. The molecule has 4 heterocycles. The van der Waals surface area contributed by atoms with Gasteiger partial charge in [-0.25, -0.2) is 14.4 Å². The van der Waals surface area contributed by atoms with Gasteiger partial charge in [-0.3, -0.25) is 9.59 Å². The number of carbonyl (C=O) groups is 5. The molecule has 69 heavy (non-hydrogen) atoms. The highest BCUT2D eigenvalue weighted by Crippen LogP contribution is 2.39. The van der Waals surface area contributed by atoms with Crippen molar-refractivity contribution in [2.24, 2.45) is 0 Å². The van der Waals surface area contributed by atoms with Crippen molar-refractivity contribution in [3.05, 3.63) is 0 Å². The molecule has 4 aliphatic rings. The first-order valence-corrected chi connectivity index (χ1v) is 21.3. The standard InChI is InChI=1S/C38H62N2O29/c1-5-38(4,69-26-15(40-10(3)45)36(63-13(8-43)18(26)49)66-27(24(55)32(56)57)16(47)11(46)6-41)31-22(53)21(52)28(30(64-31)34(60)61)67-35-14(39-9(2)44)25(17(48)12(7-42)62-35)65-37-23(54)19(50)20(51)29(68-37)33(58)59/h11-31,35-37,41-43,46-55H,5-8H2,1-4H3,(H,39,44)(H,40,45)(H,56,57)(H,58,59)(H,60,61)/t11?,12?,13?,14?,15?,16?,17?,18?,19?,20?,21?,22?,23?,24?,25?,26?,27?,28?,29?,30?,31?,35?,36?,37?,38-/m0/s1. The zero-order valence-electron chi connectivity index (χ0n) is 37.1. The van der Waals surface area contributed by atoms with E-state index in [4.69, 9.17) is 37.9 Å². The summed E-state index contributed by atoms with van der Waals surface area (Å²) in [6.07, 6.45) is -47.8. The van der Waals surface area contributed by atoms with Gasteiger partial charge in [0, 0.05) is 13.8 Å². The molecule has 398 valence electrons. The quantitative estimate of drug-likeness (QED) is 0.0508. The number of aliphatic carboxylic acids is 3. The number of ether oxygens (including phenoxy) is 8. The Kier molecular flexibility index (Phi) is 20.4. The van der Waals surface area contributed by atoms with Crippen LogP contribution in [0.3, 0.4) is 0 Å². The van der Waals surface area contributed by atoms with E-state index in [-0.39, 0.29) is 6.42 Å². The summed E-state index contributed by atoms with van der Waals surface area (Å²) < 4.78 is 45.6. The van der Waals surface area contributed by atoms with Gasteiger partial charge in [-0.2, -0.15) is 0 Å². The van der Waals surface area contributed by atoms with E-state index in [0.29, 0.717) is 0 Å². The molecule has 18 N–H and O–H groups in total. The van der Waals surface area contributed by atoms with Gasteiger partial charge >= 0.3 is 17.9 Å². The number of carboxylic acids is 3. The third-order valence-electron chi connectivity index (χ3n) is 12.2. The van der Waals surface area contributed by atoms with E-state index in [1.807, 2.05) is 0 Å². The Hall–Kier alpha value is -3.49. The summed E-state index contributed by atoms with van der Waals surface area (Å²) in [5, 5.41) is 172. The van der Waals surface area contributed by atoms with Crippen molar-refractivity contribution in [1.82, 2.24) is 10.6 Å². The molecule has 0 aromatic rings. The fraction of sp³-hybridized carbons (Fsp3) is 0.868. The predicted octanol–water partition coefficient (Wildman–Crippen LogP) is -10.5. The van der Waals surface area contributed by atoms with Crippen molar-refractivity contribution in [1.29, 1.82) is 0 Å². The Morgan fingerprint density at radius 2 is 1.12 bits per heavy atom. The summed E-state index contributed by atoms with van der Waals surface area (Å²) >= 11 is 0. The van der Waals surface area contributed by atoms with E-state index in [2.05, 4.69) is 10.6 Å². The van der Waals surface area contributed by atoms with Crippen LogP contribution >= 0.6 is 0 Å². The minimum atomic E-state index is -2.65. The summed E-state index contributed by atoms with van der Waals surface area (Å²) in [6, 6.07) is -3.71. The van der Waals surface area contributed by atoms with Gasteiger partial charge < -0.3 is 130 Å². The minimum Gasteiger partial charge on any atom is -0.479 e. The van der Waals surface area contributed by atoms with Crippen LogP contribution in [0.25, 0.3) is 0 Å². The summed E-state index contributed by atoms with van der Waals surface area (Å²) in [5.74, 6) is -7.56. The average Bonchev–Trinajstić information content (AvgIpc) is 3.29. The Labute approximate surface area is 390 Å². The highest BCUT2D eigenvalue weighted by atomic mass is 16.7. The largest absolute Gasteiger partial charge is 0.479 e. The second kappa shape index (κ2) is 24.3. The zero-order chi connectivity index (χ0) is 52.1. The molecule has 0 aliphatic carbocycles. The van der Waals surface area contributed by atoms with Gasteiger partial charge in [-0.15, -0.1) is 0 Å². The lowest BCUT2D eigenvalue weighted by Gasteiger charge is -2.53. The first-order valence-electron chi connectivity index (χ1n) is 21.3. The minimum absolute atomic E-state index is 0.331. The van der Waals surface area contributed by atoms with Crippen molar-refractivity contribution in [2.45, 2.75) is 187 Å². The Bertz CT molecular complexity index is 1750. The van der Waals surface area contributed by atoms with Crippen molar-refractivity contribution in [3.8, 4) is 0 Å². The molecule has 4 aliphatic heterocycles. The highest BCUT2D eigenvalue weighted by molar-refractivity contribution is 5.75. The fourth-order valence-corrected chi connectivity index (χ4v) is 8.27. The number of carbonyl (C=O) groups excluding carboxylic acids is 2. The first kappa shape index (κ1) is 58.1. The SMILES string of the molecule is CC[C@](C)(OC1C(O)C(CO)OC(OC(C(O)C(=O)O)C(O)C(O)CO)C1NC(C)=O)C1OC(C(=O)O)C(OC2OC(CO)C(O)C(OC3OC(C(=O)O)C(O)C(O)C3O)C2NC(C)=O)C(O)C1O. The van der Waals surface area contributed by atoms with Crippen LogP contribution in [0.5, 0.6) is 0 Å². The number of amides is 2. The lowest BCUT2D eigenvalue weighted by molar-refractivity contribution is -0.359. The van der Waals surface area contributed by atoms with Crippen LogP contribution in [0.1, 0.15) is 34.1 Å². The Balaban J connectivity index is 1.70. The normalized spacial score (nSPS) is 41.1. The van der Waals surface area contributed by atoms with Crippen molar-refractivity contribution < 1.29 is 144 Å². The highest BCUT2D eigenvalue weighted by Gasteiger charge is 2.60. The molecule has 0 aromatic carbocycles. The molecule has 0 radical (unpaired) electrons. The number of nitrogens with one attached hydrogen (secondary N) is 2. The van der Waals surface area contributed by atoms with Crippen LogP contribution in [0.2, 0.25) is 0 Å². The van der Waals surface area contributed by atoms with Crippen molar-refractivity contribution >= 4 is 29.7 Å². The molecule has 25 atom stereocenters. The van der Waals surface area contributed by atoms with Crippen LogP contribution in [0.15, 0.2) is 0 Å².